The molecule has 2 unspecified atom stereocenters. The molecule has 0 heterocycles. The summed E-state index contributed by atoms with van der Waals surface area (Å²) in [7, 11) is 15.2. The van der Waals surface area contributed by atoms with Gasteiger partial charge in [-0.05, 0) is 0 Å². The van der Waals surface area contributed by atoms with Gasteiger partial charge in [-0.25, -0.2) is 0 Å². The number of fused-ring (bicyclic) bond motifs is 2. The second-order valence-electron chi connectivity index (χ2n) is 14.2. The summed E-state index contributed by atoms with van der Waals surface area (Å²) in [4.78, 5) is 0. The average molecular weight is 761 g/mol. The molecule has 4 aromatic carbocycles. The Balaban J connectivity index is 1.62. The molecule has 0 N–H and O–H groups in total. The van der Waals surface area contributed by atoms with Crippen molar-refractivity contribution < 1.29 is 13.9 Å². The molecule has 0 aliphatic heterocycles. The molecule has 2 aliphatic rings. The van der Waals surface area contributed by atoms with E-state index in [4.69, 9.17) is 17.0 Å². The van der Waals surface area contributed by atoms with Crippen LogP contribution < -0.4 is 0 Å². The Morgan fingerprint density at radius 3 is 1.30 bits per heavy atom. The van der Waals surface area contributed by atoms with E-state index < -0.39 is 24.4 Å². The zero-order chi connectivity index (χ0) is 31.2. The van der Waals surface area contributed by atoms with Crippen molar-refractivity contribution in [3.8, 4) is 22.3 Å². The van der Waals surface area contributed by atoms with Crippen LogP contribution in [-0.4, -0.2) is 10.6 Å². The second kappa shape index (κ2) is 12.5. The van der Waals surface area contributed by atoms with Crippen molar-refractivity contribution in [2.45, 2.75) is 59.3 Å². The Bertz CT molecular complexity index is 1610. The summed E-state index contributed by atoms with van der Waals surface area (Å²) in [5, 5.41) is 0. The van der Waals surface area contributed by atoms with Crippen LogP contribution >= 0.6 is 17.0 Å². The molecule has 2 aliphatic carbocycles. The van der Waals surface area contributed by atoms with Crippen LogP contribution in [0.3, 0.4) is 0 Å². The molecule has 0 nitrogen and oxygen atoms in total. The number of hydrogen-bond donors (Lipinski definition) is 0. The molecule has 0 saturated heterocycles. The Morgan fingerprint density at radius 1 is 0.568 bits per heavy atom. The van der Waals surface area contributed by atoms with Crippen molar-refractivity contribution in [1.82, 2.24) is 0 Å². The van der Waals surface area contributed by atoms with E-state index in [0.29, 0.717) is 11.8 Å². The fraction of sp³-hybridized carbons (Fsp3) is 0.300. The van der Waals surface area contributed by atoms with Gasteiger partial charge in [0, 0.05) is 0 Å². The van der Waals surface area contributed by atoms with Gasteiger partial charge >= 0.3 is 277 Å². The number of halogens is 2. The van der Waals surface area contributed by atoms with Crippen LogP contribution in [0.4, 0.5) is 0 Å². The van der Waals surface area contributed by atoms with Gasteiger partial charge in [0.1, 0.15) is 0 Å². The predicted molar refractivity (Wildman–Crippen MR) is 195 cm³/mol. The molecular formula is C40H45Cl2GeZr. The number of hydrogen-bond acceptors (Lipinski definition) is 0. The first-order chi connectivity index (χ1) is 21.0. The molecule has 4 heteroatoms. The van der Waals surface area contributed by atoms with Crippen LogP contribution in [0, 0.1) is 11.8 Å². The SMILES string of the molecule is CC(C)CC1=Cc2c(-c3ccccc3)cccc2[CH]1[Zr]([Cl])([Cl])([CH]1C(CC(C)C)=Cc2c(-c3ccccc3)cccc21)[GeH]([CH3])[CH3]. The van der Waals surface area contributed by atoms with Gasteiger partial charge in [0.05, 0.1) is 0 Å². The summed E-state index contributed by atoms with van der Waals surface area (Å²) in [6.45, 7) is 9.35. The van der Waals surface area contributed by atoms with Crippen LogP contribution in [0.15, 0.2) is 108 Å². The zero-order valence-corrected chi connectivity index (χ0v) is 33.3. The van der Waals surface area contributed by atoms with Crippen molar-refractivity contribution in [2.24, 2.45) is 11.8 Å². The molecule has 4 aromatic rings. The number of rotatable bonds is 9. The quantitative estimate of drug-likeness (QED) is 0.149. The van der Waals surface area contributed by atoms with E-state index in [0.717, 1.165) is 12.8 Å². The zero-order valence-electron chi connectivity index (χ0n) is 26.9. The van der Waals surface area contributed by atoms with Gasteiger partial charge in [-0.3, -0.25) is 0 Å². The topological polar surface area (TPSA) is 0 Å². The summed E-state index contributed by atoms with van der Waals surface area (Å²) in [5.41, 5.74) is 13.5. The second-order valence-corrected chi connectivity index (χ2v) is 78.3. The van der Waals surface area contributed by atoms with Crippen LogP contribution in [0.5, 0.6) is 0 Å². The molecular weight excluding hydrogens is 715 g/mol. The van der Waals surface area contributed by atoms with E-state index in [1.165, 1.54) is 55.7 Å². The van der Waals surface area contributed by atoms with Gasteiger partial charge in [0.2, 0.25) is 0 Å². The molecule has 0 fully saturated rings. The van der Waals surface area contributed by atoms with Crippen LogP contribution in [0.2, 0.25) is 11.5 Å². The Kier molecular flexibility index (Phi) is 9.20. The van der Waals surface area contributed by atoms with Crippen molar-refractivity contribution in [3.63, 3.8) is 0 Å². The van der Waals surface area contributed by atoms with E-state index in [2.05, 4.69) is 148 Å². The van der Waals surface area contributed by atoms with Crippen molar-refractivity contribution >= 4 is 39.7 Å². The van der Waals surface area contributed by atoms with Crippen LogP contribution in [0.25, 0.3) is 34.4 Å². The molecule has 0 aromatic heterocycles. The molecule has 227 valence electrons. The number of benzene rings is 4. The Labute approximate surface area is 275 Å². The Hall–Kier alpha value is -1.63. The maximum absolute atomic E-state index is 8.73. The first-order valence-electron chi connectivity index (χ1n) is 16.4. The predicted octanol–water partition coefficient (Wildman–Crippen LogP) is 12.7. The normalized spacial score (nSPS) is 18.7. The standard InChI is InChI=1S/2C19H19.C2H7Ge.2ClH.Zr/c2*1-14(2)11-15-12-17-9-6-10-18(19(17)13-15)16-7-4-3-5-8-16;1-3-2;;;/h2*3-10,12-14H,11H2,1-2H3;3H,1-2H3;2*1H;/q;;;;;+2/p-2. The monoisotopic (exact) mass is 759 g/mol. The Morgan fingerprint density at radius 2 is 0.955 bits per heavy atom. The summed E-state index contributed by atoms with van der Waals surface area (Å²) < 4.78 is 0.264. The third kappa shape index (κ3) is 5.53. The van der Waals surface area contributed by atoms with Gasteiger partial charge < -0.3 is 0 Å². The summed E-state index contributed by atoms with van der Waals surface area (Å²) in [6, 6.07) is 35.5. The third-order valence-electron chi connectivity index (χ3n) is 9.97. The molecule has 0 spiro atoms. The van der Waals surface area contributed by atoms with Crippen LogP contribution in [-0.2, 0) is 13.9 Å². The average Bonchev–Trinajstić information content (AvgIpc) is 3.56. The summed E-state index contributed by atoms with van der Waals surface area (Å²) in [6.07, 6.45) is 7.07. The van der Waals surface area contributed by atoms with Gasteiger partial charge in [-0.15, -0.1) is 0 Å². The molecule has 44 heavy (non-hydrogen) atoms. The van der Waals surface area contributed by atoms with E-state index in [1.807, 2.05) is 0 Å². The summed E-state index contributed by atoms with van der Waals surface area (Å²) in [5.74, 6) is 6.07. The van der Waals surface area contributed by atoms with Gasteiger partial charge in [-0.2, -0.15) is 0 Å². The van der Waals surface area contributed by atoms with Crippen LogP contribution in [0.1, 0.15) is 70.0 Å². The van der Waals surface area contributed by atoms with Gasteiger partial charge in [0.25, 0.3) is 0 Å². The van der Waals surface area contributed by atoms with Gasteiger partial charge in [0.15, 0.2) is 0 Å². The van der Waals surface area contributed by atoms with Crippen molar-refractivity contribution in [1.29, 1.82) is 0 Å². The molecule has 0 radical (unpaired) electrons. The summed E-state index contributed by atoms with van der Waals surface area (Å²) >= 11 is -4.78. The first kappa shape index (κ1) is 32.3. The van der Waals surface area contributed by atoms with E-state index in [9.17, 15) is 0 Å². The molecule has 6 rings (SSSR count). The third-order valence-corrected chi connectivity index (χ3v) is 91.8. The molecule has 0 bridgehead atoms. The van der Waals surface area contributed by atoms with E-state index in [1.54, 1.807) is 0 Å². The van der Waals surface area contributed by atoms with E-state index >= 15 is 0 Å². The van der Waals surface area contributed by atoms with Crippen molar-refractivity contribution in [3.05, 3.63) is 130 Å². The number of allylic oxidation sites excluding steroid dienone is 2. The minimum absolute atomic E-state index is 0.132. The molecule has 0 saturated carbocycles. The van der Waals surface area contributed by atoms with Crippen molar-refractivity contribution in [2.75, 3.05) is 0 Å². The fourth-order valence-electron chi connectivity index (χ4n) is 8.10. The maximum atomic E-state index is 8.73. The van der Waals surface area contributed by atoms with E-state index in [-0.39, 0.29) is 7.25 Å². The fourth-order valence-corrected chi connectivity index (χ4v) is 53.2. The molecule has 0 amide bonds. The van der Waals surface area contributed by atoms with Gasteiger partial charge in [-0.1, -0.05) is 0 Å². The molecule has 2 atom stereocenters. The first-order valence-corrected chi connectivity index (χ1v) is 38.9. The minimum atomic E-state index is -4.78.